The molecule has 48 heavy (non-hydrogen) atoms. The highest BCUT2D eigenvalue weighted by Crippen LogP contribution is 2.30. The normalized spacial score (nSPS) is 11.9. The second-order valence-corrected chi connectivity index (χ2v) is 13.7. The maximum atomic E-state index is 14.6. The maximum absolute atomic E-state index is 14.6. The minimum atomic E-state index is -4.54. The zero-order valence-electron chi connectivity index (χ0n) is 27.6. The molecule has 4 aromatic rings. The standard InChI is InChI=1S/C36H40N4O7S/c1-25(2)37-36(42)34(21-28-11-7-6-8-12-28)38(23-29-13-9-10-26(3)20-29)35(41)24-39(30-15-17-31(47-5)18-16-30)48(45,46)32-19-14-27(4)33(22-32)40(43)44/h6-20,22,25,34H,21,23-24H2,1-5H3,(H,37,42). The molecule has 4 rings (SSSR count). The molecule has 0 aliphatic rings. The number of hydrogen-bond acceptors (Lipinski definition) is 7. The highest BCUT2D eigenvalue weighted by Gasteiger charge is 2.35. The Balaban J connectivity index is 1.84. The molecular formula is C36H40N4O7S. The van der Waals surface area contributed by atoms with E-state index >= 15 is 0 Å². The quantitative estimate of drug-likeness (QED) is 0.136. The number of nitrogens with one attached hydrogen (secondary N) is 1. The number of hydrogen-bond donors (Lipinski definition) is 1. The Bertz CT molecular complexity index is 1860. The molecule has 12 heteroatoms. The van der Waals surface area contributed by atoms with Gasteiger partial charge in [0.1, 0.15) is 18.3 Å². The fourth-order valence-corrected chi connectivity index (χ4v) is 6.73. The van der Waals surface area contributed by atoms with Gasteiger partial charge in [-0.05, 0) is 69.2 Å². The molecule has 11 nitrogen and oxygen atoms in total. The van der Waals surface area contributed by atoms with Gasteiger partial charge < -0.3 is 15.0 Å². The number of nitro benzene ring substituents is 1. The Morgan fingerprint density at radius 2 is 1.56 bits per heavy atom. The van der Waals surface area contributed by atoms with Crippen LogP contribution in [0.5, 0.6) is 5.75 Å². The van der Waals surface area contributed by atoms with E-state index in [0.717, 1.165) is 27.1 Å². The van der Waals surface area contributed by atoms with Gasteiger partial charge in [-0.15, -0.1) is 0 Å². The molecular weight excluding hydrogens is 632 g/mol. The van der Waals surface area contributed by atoms with Crippen LogP contribution >= 0.6 is 0 Å². The van der Waals surface area contributed by atoms with Gasteiger partial charge in [0.15, 0.2) is 0 Å². The summed E-state index contributed by atoms with van der Waals surface area (Å²) in [7, 11) is -3.07. The SMILES string of the molecule is COc1ccc(N(CC(=O)N(Cc2cccc(C)c2)C(Cc2ccccc2)C(=O)NC(C)C)S(=O)(=O)c2ccc(C)c([N+](=O)[O-])c2)cc1. The number of amides is 2. The highest BCUT2D eigenvalue weighted by molar-refractivity contribution is 7.92. The predicted molar refractivity (Wildman–Crippen MR) is 184 cm³/mol. The monoisotopic (exact) mass is 672 g/mol. The lowest BCUT2D eigenvalue weighted by atomic mass is 10.0. The molecule has 1 atom stereocenters. The van der Waals surface area contributed by atoms with Crippen molar-refractivity contribution in [2.45, 2.75) is 57.6 Å². The summed E-state index contributed by atoms with van der Waals surface area (Å²) in [5, 5.41) is 14.7. The van der Waals surface area contributed by atoms with E-state index < -0.39 is 33.4 Å². The second-order valence-electron chi connectivity index (χ2n) is 11.8. The number of nitrogens with zero attached hydrogens (tertiary/aromatic N) is 3. The maximum Gasteiger partial charge on any atom is 0.273 e. The molecule has 1 unspecified atom stereocenters. The summed E-state index contributed by atoms with van der Waals surface area (Å²) in [5.74, 6) is -0.567. The van der Waals surface area contributed by atoms with E-state index in [1.54, 1.807) is 12.1 Å². The van der Waals surface area contributed by atoms with E-state index in [-0.39, 0.29) is 46.7 Å². The number of carbonyl (C=O) groups excluding carboxylic acids is 2. The van der Waals surface area contributed by atoms with Crippen LogP contribution in [-0.4, -0.2) is 55.8 Å². The summed E-state index contributed by atoms with van der Waals surface area (Å²) in [6, 6.07) is 25.3. The van der Waals surface area contributed by atoms with Crippen LogP contribution in [0.2, 0.25) is 0 Å². The average molecular weight is 673 g/mol. The van der Waals surface area contributed by atoms with Gasteiger partial charge in [0, 0.05) is 30.6 Å². The molecule has 0 fully saturated rings. The predicted octanol–water partition coefficient (Wildman–Crippen LogP) is 5.58. The van der Waals surface area contributed by atoms with E-state index in [0.29, 0.717) is 5.75 Å². The number of benzene rings is 4. The fourth-order valence-electron chi connectivity index (χ4n) is 5.29. The van der Waals surface area contributed by atoms with Gasteiger partial charge in [0.05, 0.1) is 22.6 Å². The summed E-state index contributed by atoms with van der Waals surface area (Å²) in [6.07, 6.45) is 0.177. The molecule has 0 heterocycles. The minimum Gasteiger partial charge on any atom is -0.497 e. The highest BCUT2D eigenvalue weighted by atomic mass is 32.2. The Hall–Kier alpha value is -5.23. The Labute approximate surface area is 281 Å². The summed E-state index contributed by atoms with van der Waals surface area (Å²) >= 11 is 0. The first kappa shape index (κ1) is 35.6. The summed E-state index contributed by atoms with van der Waals surface area (Å²) in [4.78, 5) is 40.5. The third kappa shape index (κ3) is 8.77. The number of methoxy groups -OCH3 is 1. The zero-order chi connectivity index (χ0) is 35.0. The van der Waals surface area contributed by atoms with E-state index in [4.69, 9.17) is 4.74 Å². The van der Waals surface area contributed by atoms with E-state index in [9.17, 15) is 28.1 Å². The van der Waals surface area contributed by atoms with Crippen molar-refractivity contribution in [2.24, 2.45) is 0 Å². The van der Waals surface area contributed by atoms with Gasteiger partial charge in [-0.3, -0.25) is 24.0 Å². The molecule has 1 N–H and O–H groups in total. The van der Waals surface area contributed by atoms with Gasteiger partial charge in [-0.2, -0.15) is 0 Å². The number of ether oxygens (including phenoxy) is 1. The summed E-state index contributed by atoms with van der Waals surface area (Å²) in [5.41, 5.74) is 2.58. The summed E-state index contributed by atoms with van der Waals surface area (Å²) in [6.45, 7) is 6.41. The summed E-state index contributed by atoms with van der Waals surface area (Å²) < 4.78 is 34.8. The third-order valence-corrected chi connectivity index (χ3v) is 9.51. The van der Waals surface area contributed by atoms with Gasteiger partial charge in [-0.25, -0.2) is 8.42 Å². The lowest BCUT2D eigenvalue weighted by molar-refractivity contribution is -0.385. The van der Waals surface area contributed by atoms with Crippen molar-refractivity contribution in [2.75, 3.05) is 18.0 Å². The first-order valence-electron chi connectivity index (χ1n) is 15.4. The van der Waals surface area contributed by atoms with Crippen molar-refractivity contribution < 1.29 is 27.7 Å². The molecule has 0 aromatic heterocycles. The zero-order valence-corrected chi connectivity index (χ0v) is 28.4. The van der Waals surface area contributed by atoms with Crippen LogP contribution in [0.4, 0.5) is 11.4 Å². The topological polar surface area (TPSA) is 139 Å². The Kier molecular flexibility index (Phi) is 11.6. The van der Waals surface area contributed by atoms with Gasteiger partial charge in [-0.1, -0.05) is 66.2 Å². The number of aryl methyl sites for hydroxylation is 2. The molecule has 0 saturated carbocycles. The van der Waals surface area contributed by atoms with Gasteiger partial charge >= 0.3 is 0 Å². The van der Waals surface area contributed by atoms with Crippen LogP contribution in [-0.2, 0) is 32.6 Å². The molecule has 0 saturated heterocycles. The lowest BCUT2D eigenvalue weighted by Gasteiger charge is -2.34. The Morgan fingerprint density at radius 1 is 0.896 bits per heavy atom. The van der Waals surface area contributed by atoms with Crippen LogP contribution in [0, 0.1) is 24.0 Å². The first-order chi connectivity index (χ1) is 22.8. The van der Waals surface area contributed by atoms with Crippen molar-refractivity contribution in [3.05, 3.63) is 129 Å². The molecule has 0 radical (unpaired) electrons. The van der Waals surface area contributed by atoms with Crippen LogP contribution in [0.15, 0.2) is 102 Å². The van der Waals surface area contributed by atoms with Crippen molar-refractivity contribution in [1.82, 2.24) is 10.2 Å². The van der Waals surface area contributed by atoms with Gasteiger partial charge in [0.2, 0.25) is 11.8 Å². The molecule has 0 aliphatic heterocycles. The van der Waals surface area contributed by atoms with Crippen molar-refractivity contribution in [1.29, 1.82) is 0 Å². The molecule has 2 amide bonds. The third-order valence-electron chi connectivity index (χ3n) is 7.74. The van der Waals surface area contributed by atoms with Gasteiger partial charge in [0.25, 0.3) is 15.7 Å². The molecule has 4 aromatic carbocycles. The fraction of sp³-hybridized carbons (Fsp3) is 0.278. The van der Waals surface area contributed by atoms with E-state index in [1.807, 2.05) is 75.4 Å². The largest absolute Gasteiger partial charge is 0.497 e. The Morgan fingerprint density at radius 3 is 2.17 bits per heavy atom. The van der Waals surface area contributed by atoms with Crippen LogP contribution in [0.3, 0.4) is 0 Å². The van der Waals surface area contributed by atoms with Crippen molar-refractivity contribution in [3.8, 4) is 5.75 Å². The average Bonchev–Trinajstić information content (AvgIpc) is 3.05. The number of anilines is 1. The van der Waals surface area contributed by atoms with Crippen LogP contribution < -0.4 is 14.4 Å². The number of rotatable bonds is 14. The smallest absolute Gasteiger partial charge is 0.273 e. The van der Waals surface area contributed by atoms with Crippen molar-refractivity contribution in [3.63, 3.8) is 0 Å². The molecule has 252 valence electrons. The van der Waals surface area contributed by atoms with Crippen LogP contribution in [0.1, 0.15) is 36.1 Å². The molecule has 0 spiro atoms. The van der Waals surface area contributed by atoms with Crippen LogP contribution in [0.25, 0.3) is 0 Å². The number of sulfonamides is 1. The minimum absolute atomic E-state index is 0.0238. The molecule has 0 aliphatic carbocycles. The molecule has 0 bridgehead atoms. The number of nitro groups is 1. The van der Waals surface area contributed by atoms with Crippen molar-refractivity contribution >= 4 is 33.2 Å². The number of carbonyl (C=O) groups is 2. The lowest BCUT2D eigenvalue weighted by Crippen LogP contribution is -2.54. The second kappa shape index (κ2) is 15.6. The first-order valence-corrected chi connectivity index (χ1v) is 16.8. The van der Waals surface area contributed by atoms with E-state index in [1.165, 1.54) is 43.2 Å². The van der Waals surface area contributed by atoms with E-state index in [2.05, 4.69) is 5.32 Å².